The van der Waals surface area contributed by atoms with Gasteiger partial charge in [0, 0.05) is 12.6 Å². The number of amidine groups is 1. The summed E-state index contributed by atoms with van der Waals surface area (Å²) in [5.41, 5.74) is 0. The first-order valence-corrected chi connectivity index (χ1v) is 9.89. The van der Waals surface area contributed by atoms with Gasteiger partial charge in [-0.3, -0.25) is 9.69 Å². The zero-order valence-corrected chi connectivity index (χ0v) is 14.7. The van der Waals surface area contributed by atoms with Gasteiger partial charge in [0.2, 0.25) is 0 Å². The molecule has 0 N–H and O–H groups in total. The molecule has 0 spiro atoms. The number of hydrogen-bond donors (Lipinski definition) is 0. The average molecular weight is 380 g/mol. The number of sulfonamides is 1. The Morgan fingerprint density at radius 2 is 2.17 bits per heavy atom. The molecule has 1 fully saturated rings. The van der Waals surface area contributed by atoms with E-state index in [-0.39, 0.29) is 21.8 Å². The lowest BCUT2D eigenvalue weighted by molar-refractivity contribution is -0.121. The highest BCUT2D eigenvalue weighted by Gasteiger charge is 2.34. The van der Waals surface area contributed by atoms with E-state index >= 15 is 0 Å². The van der Waals surface area contributed by atoms with Gasteiger partial charge in [0.25, 0.3) is 15.9 Å². The highest BCUT2D eigenvalue weighted by molar-refractivity contribution is 8.19. The molecule has 0 bridgehead atoms. The molecule has 9 heteroatoms. The smallest absolute Gasteiger partial charge is 0.294 e. The standard InChI is InChI=1S/C15H12N2O4S3/c1-2-7-17-14(18)12(10-11-5-3-8-21-11)23-15(17)16-24(19,20)13-6-4-9-22-13/h2-6,8-10H,1,7H2. The Balaban J connectivity index is 1.98. The van der Waals surface area contributed by atoms with Gasteiger partial charge in [-0.25, -0.2) is 0 Å². The van der Waals surface area contributed by atoms with E-state index in [9.17, 15) is 13.2 Å². The largest absolute Gasteiger partial charge is 0.465 e. The second kappa shape index (κ2) is 6.80. The summed E-state index contributed by atoms with van der Waals surface area (Å²) in [6.07, 6.45) is 4.57. The lowest BCUT2D eigenvalue weighted by Gasteiger charge is -2.12. The minimum Gasteiger partial charge on any atom is -0.465 e. The molecule has 2 aromatic heterocycles. The van der Waals surface area contributed by atoms with E-state index in [1.54, 1.807) is 29.7 Å². The fourth-order valence-corrected chi connectivity index (χ4v) is 5.07. The molecule has 0 aromatic carbocycles. The second-order valence-corrected chi connectivity index (χ2v) is 8.40. The predicted octanol–water partition coefficient (Wildman–Crippen LogP) is 3.19. The Bertz CT molecular complexity index is 910. The topological polar surface area (TPSA) is 80.0 Å². The molecular formula is C15H12N2O4S3. The van der Waals surface area contributed by atoms with Crippen molar-refractivity contribution in [2.75, 3.05) is 6.54 Å². The van der Waals surface area contributed by atoms with Gasteiger partial charge in [0.05, 0.1) is 11.2 Å². The molecule has 1 aliphatic rings. The van der Waals surface area contributed by atoms with Crippen LogP contribution in [-0.2, 0) is 14.8 Å². The van der Waals surface area contributed by atoms with E-state index in [1.807, 2.05) is 0 Å². The van der Waals surface area contributed by atoms with Crippen molar-refractivity contribution in [2.24, 2.45) is 4.40 Å². The van der Waals surface area contributed by atoms with Gasteiger partial charge in [0.15, 0.2) is 5.17 Å². The first-order valence-electron chi connectivity index (χ1n) is 6.75. The van der Waals surface area contributed by atoms with Crippen molar-refractivity contribution >= 4 is 50.3 Å². The van der Waals surface area contributed by atoms with Crippen molar-refractivity contribution in [3.63, 3.8) is 0 Å². The molecule has 0 unspecified atom stereocenters. The number of rotatable bonds is 5. The summed E-state index contributed by atoms with van der Waals surface area (Å²) in [7, 11) is -3.85. The number of carbonyl (C=O) groups is 1. The normalized spacial score (nSPS) is 18.7. The number of carbonyl (C=O) groups excluding carboxylic acids is 1. The number of furan rings is 1. The molecule has 0 radical (unpaired) electrons. The third kappa shape index (κ3) is 3.37. The van der Waals surface area contributed by atoms with Crippen LogP contribution < -0.4 is 0 Å². The number of nitrogens with zero attached hydrogens (tertiary/aromatic N) is 2. The lowest BCUT2D eigenvalue weighted by Crippen LogP contribution is -2.29. The summed E-state index contributed by atoms with van der Waals surface area (Å²) in [5, 5.41) is 1.76. The molecule has 3 heterocycles. The van der Waals surface area contributed by atoms with Crippen molar-refractivity contribution in [3.05, 3.63) is 59.2 Å². The molecule has 1 aliphatic heterocycles. The number of thiophene rings is 1. The van der Waals surface area contributed by atoms with Crippen LogP contribution in [0.4, 0.5) is 0 Å². The third-order valence-electron chi connectivity index (χ3n) is 2.96. The first-order chi connectivity index (χ1) is 11.5. The van der Waals surface area contributed by atoms with E-state index in [0.29, 0.717) is 10.7 Å². The summed E-state index contributed by atoms with van der Waals surface area (Å²) in [6, 6.07) is 6.52. The van der Waals surface area contributed by atoms with E-state index in [2.05, 4.69) is 11.0 Å². The minimum atomic E-state index is -3.85. The van der Waals surface area contributed by atoms with E-state index < -0.39 is 10.0 Å². The molecule has 124 valence electrons. The molecule has 1 saturated heterocycles. The summed E-state index contributed by atoms with van der Waals surface area (Å²) in [6.45, 7) is 3.76. The minimum absolute atomic E-state index is 0.103. The lowest BCUT2D eigenvalue weighted by atomic mass is 10.3. The van der Waals surface area contributed by atoms with Crippen LogP contribution in [0.3, 0.4) is 0 Å². The highest BCUT2D eigenvalue weighted by atomic mass is 32.2. The monoisotopic (exact) mass is 380 g/mol. The quantitative estimate of drug-likeness (QED) is 0.588. The summed E-state index contributed by atoms with van der Waals surface area (Å²) in [4.78, 5) is 14.1. The Morgan fingerprint density at radius 3 is 2.79 bits per heavy atom. The van der Waals surface area contributed by atoms with Crippen LogP contribution in [0, 0.1) is 0 Å². The molecule has 0 saturated carbocycles. The molecule has 2 aromatic rings. The van der Waals surface area contributed by atoms with E-state index in [4.69, 9.17) is 4.42 Å². The maximum atomic E-state index is 12.5. The van der Waals surface area contributed by atoms with E-state index in [0.717, 1.165) is 23.1 Å². The SMILES string of the molecule is C=CCN1C(=O)C(=Cc2ccco2)SC1=NS(=O)(=O)c1cccs1. The third-order valence-corrected chi connectivity index (χ3v) is 6.73. The molecule has 0 atom stereocenters. The molecule has 3 rings (SSSR count). The van der Waals surface area contributed by atoms with Gasteiger partial charge in [0.1, 0.15) is 9.97 Å². The Kier molecular flexibility index (Phi) is 4.74. The van der Waals surface area contributed by atoms with Gasteiger partial charge < -0.3 is 4.42 Å². The van der Waals surface area contributed by atoms with Crippen LogP contribution in [0.15, 0.2) is 66.5 Å². The zero-order valence-electron chi connectivity index (χ0n) is 12.3. The molecular weight excluding hydrogens is 368 g/mol. The predicted molar refractivity (Wildman–Crippen MR) is 95.1 cm³/mol. The highest BCUT2D eigenvalue weighted by Crippen LogP contribution is 2.34. The van der Waals surface area contributed by atoms with Crippen LogP contribution in [0.25, 0.3) is 6.08 Å². The van der Waals surface area contributed by atoms with Crippen molar-refractivity contribution in [1.82, 2.24) is 4.90 Å². The zero-order chi connectivity index (χ0) is 17.2. The maximum absolute atomic E-state index is 12.5. The molecule has 0 aliphatic carbocycles. The van der Waals surface area contributed by atoms with Gasteiger partial charge in [-0.05, 0) is 35.3 Å². The fourth-order valence-electron chi connectivity index (χ4n) is 1.93. The Hall–Kier alpha value is -2.10. The number of hydrogen-bond acceptors (Lipinski definition) is 6. The Labute approximate surface area is 147 Å². The maximum Gasteiger partial charge on any atom is 0.294 e. The van der Waals surface area contributed by atoms with E-state index in [1.165, 1.54) is 23.3 Å². The average Bonchev–Trinajstić information content (AvgIpc) is 3.26. The van der Waals surface area contributed by atoms with Crippen LogP contribution in [0.5, 0.6) is 0 Å². The first kappa shape index (κ1) is 16.7. The van der Waals surface area contributed by atoms with Gasteiger partial charge in [-0.15, -0.1) is 22.3 Å². The van der Waals surface area contributed by atoms with Gasteiger partial charge >= 0.3 is 0 Å². The van der Waals surface area contributed by atoms with Crippen LogP contribution >= 0.6 is 23.1 Å². The molecule has 1 amide bonds. The second-order valence-electron chi connectivity index (χ2n) is 4.61. The van der Waals surface area contributed by atoms with Crippen molar-refractivity contribution < 1.29 is 17.6 Å². The van der Waals surface area contributed by atoms with Crippen LogP contribution in [0.1, 0.15) is 5.76 Å². The van der Waals surface area contributed by atoms with Crippen molar-refractivity contribution in [1.29, 1.82) is 0 Å². The van der Waals surface area contributed by atoms with Gasteiger partial charge in [-0.2, -0.15) is 8.42 Å². The van der Waals surface area contributed by atoms with Gasteiger partial charge in [-0.1, -0.05) is 12.1 Å². The van der Waals surface area contributed by atoms with Crippen LogP contribution in [-0.4, -0.2) is 30.9 Å². The Morgan fingerprint density at radius 1 is 1.33 bits per heavy atom. The summed E-state index contributed by atoms with van der Waals surface area (Å²) in [5.74, 6) is 0.170. The molecule has 24 heavy (non-hydrogen) atoms. The fraction of sp³-hybridized carbons (Fsp3) is 0.0667. The molecule has 6 nitrogen and oxygen atoms in total. The van der Waals surface area contributed by atoms with Crippen LogP contribution in [0.2, 0.25) is 0 Å². The number of thioether (sulfide) groups is 1. The summed E-state index contributed by atoms with van der Waals surface area (Å²) >= 11 is 2.07. The van der Waals surface area contributed by atoms with Crippen molar-refractivity contribution in [3.8, 4) is 0 Å². The number of amides is 1. The van der Waals surface area contributed by atoms with Crippen molar-refractivity contribution in [2.45, 2.75) is 4.21 Å². The summed E-state index contributed by atoms with van der Waals surface area (Å²) < 4.78 is 33.8.